The molecule has 126 valence electrons. The van der Waals surface area contributed by atoms with Crippen LogP contribution in [0.3, 0.4) is 0 Å². The van der Waals surface area contributed by atoms with E-state index in [-0.39, 0.29) is 18.1 Å². The molecule has 0 aromatic heterocycles. The average molecular weight is 339 g/mol. The van der Waals surface area contributed by atoms with Gasteiger partial charge in [-0.1, -0.05) is 13.0 Å². The summed E-state index contributed by atoms with van der Waals surface area (Å²) < 4.78 is 74.7. The van der Waals surface area contributed by atoms with E-state index >= 15 is 0 Å². The van der Waals surface area contributed by atoms with Crippen molar-refractivity contribution in [3.05, 3.63) is 29.8 Å². The number of hydrogen-bond donors (Lipinski definition) is 1. The van der Waals surface area contributed by atoms with Crippen molar-refractivity contribution < 1.29 is 31.1 Å². The van der Waals surface area contributed by atoms with Crippen LogP contribution >= 0.6 is 0 Å². The zero-order valence-electron chi connectivity index (χ0n) is 11.7. The van der Waals surface area contributed by atoms with Crippen LogP contribution in [0.15, 0.2) is 29.4 Å². The first kappa shape index (κ1) is 17.1. The lowest BCUT2D eigenvalue weighted by Gasteiger charge is -2.16. The molecule has 0 spiro atoms. The van der Waals surface area contributed by atoms with E-state index in [0.29, 0.717) is 0 Å². The summed E-state index contributed by atoms with van der Waals surface area (Å²) in [6.07, 6.45) is -9.61. The number of carbonyl (C=O) groups is 1. The molecule has 4 nitrogen and oxygen atoms in total. The first-order valence-electron chi connectivity index (χ1n) is 6.40. The lowest BCUT2D eigenvalue weighted by molar-refractivity contribution is -0.171. The smallest absolute Gasteiger partial charge is 0.305 e. The van der Waals surface area contributed by atoms with Gasteiger partial charge in [-0.2, -0.15) is 31.4 Å². The van der Waals surface area contributed by atoms with Crippen LogP contribution in [0, 0.1) is 5.92 Å². The average Bonchev–Trinajstić information content (AvgIpc) is 2.78. The molecular formula is C13H11F6N3O. The minimum Gasteiger partial charge on any atom is -0.305 e. The molecule has 0 saturated carbocycles. The molecule has 23 heavy (non-hydrogen) atoms. The molecule has 0 aliphatic carbocycles. The van der Waals surface area contributed by atoms with Gasteiger partial charge >= 0.3 is 18.3 Å². The fourth-order valence-corrected chi connectivity index (χ4v) is 1.96. The van der Waals surface area contributed by atoms with Gasteiger partial charge in [-0.3, -0.25) is 9.80 Å². The number of nitrogens with zero attached hydrogens (tertiary/aromatic N) is 2. The van der Waals surface area contributed by atoms with Gasteiger partial charge in [0.2, 0.25) is 0 Å². The van der Waals surface area contributed by atoms with Gasteiger partial charge in [-0.15, -0.1) is 0 Å². The lowest BCUT2D eigenvalue weighted by Crippen LogP contribution is -2.42. The number of carbonyl (C=O) groups excluding carboxylic acids is 1. The molecule has 1 unspecified atom stereocenters. The molecule has 0 radical (unpaired) electrons. The third-order valence-corrected chi connectivity index (χ3v) is 3.11. The quantitative estimate of drug-likeness (QED) is 0.799. The Morgan fingerprint density at radius 3 is 2.48 bits per heavy atom. The Morgan fingerprint density at radius 2 is 1.91 bits per heavy atom. The first-order valence-corrected chi connectivity index (χ1v) is 6.40. The van der Waals surface area contributed by atoms with Gasteiger partial charge in [0.15, 0.2) is 0 Å². The Labute approximate surface area is 126 Å². The summed E-state index contributed by atoms with van der Waals surface area (Å²) in [4.78, 5) is 10.9. The highest BCUT2D eigenvalue weighted by Gasteiger charge is 2.41. The first-order chi connectivity index (χ1) is 10.5. The van der Waals surface area contributed by atoms with E-state index in [4.69, 9.17) is 0 Å². The standard InChI is InChI=1S/C13H11F6N3O/c1-7-6-22(21-10(7)20-11(23)13(17,18)19)9-4-2-3-8(5-9)12(14,15)16/h2-5,7H,6H2,1H3,(H,20,21,23). The molecule has 0 bridgehead atoms. The predicted molar refractivity (Wildman–Crippen MR) is 69.6 cm³/mol. The summed E-state index contributed by atoms with van der Waals surface area (Å²) in [7, 11) is 0. The number of amides is 1. The molecular weight excluding hydrogens is 328 g/mol. The summed E-state index contributed by atoms with van der Waals surface area (Å²) in [5, 5.41) is 6.52. The lowest BCUT2D eigenvalue weighted by atomic mass is 10.1. The molecule has 1 N–H and O–H groups in total. The van der Waals surface area contributed by atoms with Crippen LogP contribution in [-0.2, 0) is 11.0 Å². The number of benzene rings is 1. The Kier molecular flexibility index (Phi) is 4.27. The molecule has 0 saturated heterocycles. The van der Waals surface area contributed by atoms with Crippen molar-refractivity contribution in [1.82, 2.24) is 5.32 Å². The molecule has 1 aromatic carbocycles. The maximum atomic E-state index is 12.7. The summed E-state index contributed by atoms with van der Waals surface area (Å²) in [6, 6.07) is 4.23. The Morgan fingerprint density at radius 1 is 1.26 bits per heavy atom. The van der Waals surface area contributed by atoms with Crippen molar-refractivity contribution in [2.24, 2.45) is 11.0 Å². The van der Waals surface area contributed by atoms with Crippen molar-refractivity contribution in [2.75, 3.05) is 11.6 Å². The van der Waals surface area contributed by atoms with Crippen LogP contribution in [0.4, 0.5) is 32.0 Å². The van der Waals surface area contributed by atoms with Crippen LogP contribution in [0.5, 0.6) is 0 Å². The minimum atomic E-state index is -5.06. The van der Waals surface area contributed by atoms with E-state index in [9.17, 15) is 31.1 Å². The second-order valence-electron chi connectivity index (χ2n) is 4.97. The van der Waals surface area contributed by atoms with Crippen molar-refractivity contribution in [2.45, 2.75) is 19.3 Å². The fraction of sp³-hybridized carbons (Fsp3) is 0.385. The predicted octanol–water partition coefficient (Wildman–Crippen LogP) is 3.15. The maximum absolute atomic E-state index is 12.7. The second-order valence-corrected chi connectivity index (χ2v) is 4.97. The van der Waals surface area contributed by atoms with E-state index in [1.165, 1.54) is 19.1 Å². The summed E-state index contributed by atoms with van der Waals surface area (Å²) >= 11 is 0. The molecule has 1 atom stereocenters. The SMILES string of the molecule is CC1CN(c2cccc(C(F)(F)F)c2)N=C1NC(=O)C(F)(F)F. The van der Waals surface area contributed by atoms with Crippen molar-refractivity contribution in [3.63, 3.8) is 0 Å². The van der Waals surface area contributed by atoms with E-state index in [2.05, 4.69) is 5.10 Å². The highest BCUT2D eigenvalue weighted by atomic mass is 19.4. The highest BCUT2D eigenvalue weighted by molar-refractivity contribution is 6.02. The van der Waals surface area contributed by atoms with Gasteiger partial charge in [-0.25, -0.2) is 0 Å². The molecule has 10 heteroatoms. The summed E-state index contributed by atoms with van der Waals surface area (Å²) in [5.74, 6) is -2.99. The minimum absolute atomic E-state index is 0.0504. The molecule has 1 amide bonds. The van der Waals surface area contributed by atoms with Gasteiger partial charge in [0.05, 0.1) is 17.8 Å². The number of amidine groups is 1. The zero-order valence-corrected chi connectivity index (χ0v) is 11.7. The van der Waals surface area contributed by atoms with E-state index in [1.807, 2.05) is 0 Å². The number of alkyl halides is 6. The van der Waals surface area contributed by atoms with Gasteiger partial charge < -0.3 is 5.32 Å². The van der Waals surface area contributed by atoms with Crippen molar-refractivity contribution in [1.29, 1.82) is 0 Å². The van der Waals surface area contributed by atoms with Crippen molar-refractivity contribution >= 4 is 17.4 Å². The van der Waals surface area contributed by atoms with E-state index < -0.39 is 29.7 Å². The fourth-order valence-electron chi connectivity index (χ4n) is 1.96. The van der Waals surface area contributed by atoms with Gasteiger partial charge in [0.25, 0.3) is 0 Å². The Bertz CT molecular complexity index is 637. The Hall–Kier alpha value is -2.26. The third kappa shape index (κ3) is 3.93. The van der Waals surface area contributed by atoms with Crippen LogP contribution in [0.2, 0.25) is 0 Å². The number of hydrazone groups is 1. The number of anilines is 1. The number of nitrogens with one attached hydrogen (secondary N) is 1. The topological polar surface area (TPSA) is 44.7 Å². The van der Waals surface area contributed by atoms with Gasteiger partial charge in [0, 0.05) is 5.92 Å². The number of rotatable bonds is 1. The number of halogens is 6. The third-order valence-electron chi connectivity index (χ3n) is 3.11. The second kappa shape index (κ2) is 5.74. The molecule has 0 fully saturated rings. The largest absolute Gasteiger partial charge is 0.471 e. The van der Waals surface area contributed by atoms with Crippen LogP contribution in [-0.4, -0.2) is 24.5 Å². The summed E-state index contributed by atoms with van der Waals surface area (Å²) in [5.41, 5.74) is -0.825. The number of hydrogen-bond acceptors (Lipinski definition) is 3. The Balaban J connectivity index is 2.21. The van der Waals surface area contributed by atoms with Crippen LogP contribution in [0.25, 0.3) is 0 Å². The monoisotopic (exact) mass is 339 g/mol. The summed E-state index contributed by atoms with van der Waals surface area (Å²) in [6.45, 7) is 1.55. The van der Waals surface area contributed by atoms with Gasteiger partial charge in [0.1, 0.15) is 5.84 Å². The molecule has 2 rings (SSSR count). The van der Waals surface area contributed by atoms with E-state index in [1.54, 1.807) is 5.32 Å². The molecule has 1 heterocycles. The van der Waals surface area contributed by atoms with Crippen LogP contribution in [0.1, 0.15) is 12.5 Å². The molecule has 1 aromatic rings. The molecule has 1 aliphatic heterocycles. The highest BCUT2D eigenvalue weighted by Crippen LogP contribution is 2.32. The molecule has 1 aliphatic rings. The van der Waals surface area contributed by atoms with Crippen molar-refractivity contribution in [3.8, 4) is 0 Å². The maximum Gasteiger partial charge on any atom is 0.471 e. The zero-order chi connectivity index (χ0) is 17.4. The normalized spacial score (nSPS) is 18.8. The van der Waals surface area contributed by atoms with E-state index in [0.717, 1.165) is 17.1 Å². The van der Waals surface area contributed by atoms with Crippen LogP contribution < -0.4 is 10.3 Å². The van der Waals surface area contributed by atoms with Gasteiger partial charge in [-0.05, 0) is 18.2 Å².